The number of aromatic nitrogens is 4. The molecule has 0 N–H and O–H groups in total. The van der Waals surface area contributed by atoms with Gasteiger partial charge in [0, 0.05) is 17.8 Å². The van der Waals surface area contributed by atoms with Crippen molar-refractivity contribution in [3.05, 3.63) is 58.6 Å². The number of amides is 2. The summed E-state index contributed by atoms with van der Waals surface area (Å²) in [5.74, 6) is 0.166. The van der Waals surface area contributed by atoms with Gasteiger partial charge in [-0.1, -0.05) is 35.9 Å². The number of halogens is 1. The molecule has 3 aromatic rings. The van der Waals surface area contributed by atoms with Gasteiger partial charge in [0.25, 0.3) is 5.91 Å². The van der Waals surface area contributed by atoms with Gasteiger partial charge in [-0.05, 0) is 56.7 Å². The molecule has 2 amide bonds. The van der Waals surface area contributed by atoms with Crippen LogP contribution in [0.3, 0.4) is 0 Å². The van der Waals surface area contributed by atoms with E-state index in [4.69, 9.17) is 16.3 Å². The van der Waals surface area contributed by atoms with Crippen molar-refractivity contribution in [2.24, 2.45) is 7.05 Å². The summed E-state index contributed by atoms with van der Waals surface area (Å²) in [6, 6.07) is 12.3. The summed E-state index contributed by atoms with van der Waals surface area (Å²) in [4.78, 5) is 31.3. The molecule has 10 heteroatoms. The molecule has 2 heterocycles. The summed E-state index contributed by atoms with van der Waals surface area (Å²) in [5.41, 5.74) is 1.98. The second kappa shape index (κ2) is 9.06. The van der Waals surface area contributed by atoms with E-state index in [2.05, 4.69) is 15.4 Å². The Morgan fingerprint density at radius 1 is 1.15 bits per heavy atom. The van der Waals surface area contributed by atoms with Gasteiger partial charge in [0.1, 0.15) is 5.60 Å². The van der Waals surface area contributed by atoms with Crippen LogP contribution in [0.5, 0.6) is 0 Å². The van der Waals surface area contributed by atoms with Crippen LogP contribution in [0, 0.1) is 0 Å². The van der Waals surface area contributed by atoms with E-state index >= 15 is 0 Å². The number of hydrogen-bond donors (Lipinski definition) is 0. The summed E-state index contributed by atoms with van der Waals surface area (Å²) in [7, 11) is 1.68. The van der Waals surface area contributed by atoms with Gasteiger partial charge in [0.15, 0.2) is 0 Å². The molecule has 9 nitrogen and oxygen atoms in total. The minimum atomic E-state index is -0.620. The van der Waals surface area contributed by atoms with E-state index in [1.807, 2.05) is 52.0 Å². The molecule has 1 aliphatic rings. The van der Waals surface area contributed by atoms with E-state index in [0.717, 1.165) is 11.3 Å². The van der Waals surface area contributed by atoms with Crippen LogP contribution in [0.25, 0.3) is 11.4 Å². The highest BCUT2D eigenvalue weighted by molar-refractivity contribution is 6.34. The maximum absolute atomic E-state index is 13.7. The molecule has 0 saturated carbocycles. The van der Waals surface area contributed by atoms with Crippen molar-refractivity contribution in [1.29, 1.82) is 0 Å². The molecule has 178 valence electrons. The Kier molecular flexibility index (Phi) is 6.31. The summed E-state index contributed by atoms with van der Waals surface area (Å²) < 4.78 is 5.62. The number of hydrogen-bond acceptors (Lipinski definition) is 6. The van der Waals surface area contributed by atoms with Crippen LogP contribution in [0.2, 0.25) is 5.02 Å². The lowest BCUT2D eigenvalue weighted by atomic mass is 10.1. The highest BCUT2D eigenvalue weighted by Crippen LogP contribution is 2.32. The van der Waals surface area contributed by atoms with Crippen LogP contribution in [0.15, 0.2) is 42.5 Å². The molecule has 4 rings (SSSR count). The van der Waals surface area contributed by atoms with Gasteiger partial charge in [-0.15, -0.1) is 10.2 Å². The van der Waals surface area contributed by atoms with Crippen LogP contribution < -0.4 is 4.90 Å². The Labute approximate surface area is 203 Å². The number of carbonyl (C=O) groups is 2. The Bertz CT molecular complexity index is 1240. The molecule has 0 radical (unpaired) electrons. The van der Waals surface area contributed by atoms with Crippen molar-refractivity contribution >= 4 is 29.3 Å². The van der Waals surface area contributed by atoms with Gasteiger partial charge in [-0.25, -0.2) is 4.79 Å². The van der Waals surface area contributed by atoms with Crippen molar-refractivity contribution < 1.29 is 14.3 Å². The third kappa shape index (κ3) is 4.89. The summed E-state index contributed by atoms with van der Waals surface area (Å²) in [5, 5.41) is 12.3. The first kappa shape index (κ1) is 23.7. The number of aryl methyl sites for hydroxylation is 1. The zero-order chi connectivity index (χ0) is 24.6. The number of anilines is 1. The average molecular weight is 483 g/mol. The van der Waals surface area contributed by atoms with E-state index in [0.29, 0.717) is 30.0 Å². The van der Waals surface area contributed by atoms with Crippen molar-refractivity contribution in [2.75, 3.05) is 11.4 Å². The van der Waals surface area contributed by atoms with Crippen LogP contribution in [-0.2, 0) is 18.3 Å². The molecule has 0 aliphatic carbocycles. The number of fused-ring (bicyclic) bond motifs is 1. The van der Waals surface area contributed by atoms with E-state index in [9.17, 15) is 9.59 Å². The summed E-state index contributed by atoms with van der Waals surface area (Å²) in [6.07, 6.45) is -0.414. The fourth-order valence-corrected chi connectivity index (χ4v) is 4.10. The Balaban J connectivity index is 1.66. The number of ether oxygens (including phenoxy) is 1. The highest BCUT2D eigenvalue weighted by Gasteiger charge is 2.34. The average Bonchev–Trinajstić information content (AvgIpc) is 3.14. The number of rotatable bonds is 2. The third-order valence-corrected chi connectivity index (χ3v) is 5.75. The Morgan fingerprint density at radius 3 is 2.53 bits per heavy atom. The van der Waals surface area contributed by atoms with Crippen molar-refractivity contribution in [3.8, 4) is 11.4 Å². The van der Waals surface area contributed by atoms with E-state index < -0.39 is 11.7 Å². The monoisotopic (exact) mass is 482 g/mol. The molecular weight excluding hydrogens is 456 g/mol. The minimum absolute atomic E-state index is 0.256. The fraction of sp³-hybridized carbons (Fsp3) is 0.375. The highest BCUT2D eigenvalue weighted by atomic mass is 35.5. The molecule has 0 fully saturated rings. The maximum Gasteiger partial charge on any atom is 0.410 e. The minimum Gasteiger partial charge on any atom is -0.444 e. The quantitative estimate of drug-likeness (QED) is 0.540. The van der Waals surface area contributed by atoms with Gasteiger partial charge < -0.3 is 9.64 Å². The normalized spacial score (nSPS) is 16.1. The van der Waals surface area contributed by atoms with E-state index in [1.54, 1.807) is 35.0 Å². The van der Waals surface area contributed by atoms with E-state index in [1.165, 1.54) is 4.80 Å². The first-order chi connectivity index (χ1) is 16.0. The molecule has 0 unspecified atom stereocenters. The molecule has 0 saturated heterocycles. The van der Waals surface area contributed by atoms with Crippen LogP contribution in [-0.4, -0.2) is 55.3 Å². The SMILES string of the molecule is C[C@@H]1CN(C(=O)c2ccc(-c3nnn(C)n3)cc2Cl)c2ccccc2CN1C(=O)OC(C)(C)C. The third-order valence-electron chi connectivity index (χ3n) is 5.44. The topological polar surface area (TPSA) is 93.5 Å². The van der Waals surface area contributed by atoms with Crippen LogP contribution >= 0.6 is 11.6 Å². The van der Waals surface area contributed by atoms with Crippen molar-refractivity contribution in [2.45, 2.75) is 45.9 Å². The van der Waals surface area contributed by atoms with Crippen molar-refractivity contribution in [3.63, 3.8) is 0 Å². The Hall–Kier alpha value is -3.46. The standard InChI is InChI=1S/C24H27ClN6O3/c1-15-13-31(20-9-7-6-8-17(20)14-30(15)23(33)34-24(2,3)4)22(32)18-11-10-16(12-19(18)25)21-26-28-29(5)27-21/h6-12,15H,13-14H2,1-5H3/t15-/m1/s1. The summed E-state index contributed by atoms with van der Waals surface area (Å²) in [6.45, 7) is 8.03. The van der Waals surface area contributed by atoms with Gasteiger partial charge >= 0.3 is 6.09 Å². The van der Waals surface area contributed by atoms with Gasteiger partial charge in [0.2, 0.25) is 5.82 Å². The molecule has 1 aliphatic heterocycles. The first-order valence-electron chi connectivity index (χ1n) is 11.0. The summed E-state index contributed by atoms with van der Waals surface area (Å²) >= 11 is 6.54. The zero-order valence-corrected chi connectivity index (χ0v) is 20.6. The zero-order valence-electron chi connectivity index (χ0n) is 19.8. The number of carbonyl (C=O) groups excluding carboxylic acids is 2. The Morgan fingerprint density at radius 2 is 1.88 bits per heavy atom. The van der Waals surface area contributed by atoms with Gasteiger partial charge in [-0.2, -0.15) is 4.80 Å². The van der Waals surface area contributed by atoms with Crippen molar-refractivity contribution in [1.82, 2.24) is 25.1 Å². The largest absolute Gasteiger partial charge is 0.444 e. The number of nitrogens with zero attached hydrogens (tertiary/aromatic N) is 6. The lowest BCUT2D eigenvalue weighted by molar-refractivity contribution is 0.0167. The number of benzene rings is 2. The number of para-hydroxylation sites is 1. The molecule has 0 spiro atoms. The first-order valence-corrected chi connectivity index (χ1v) is 11.3. The van der Waals surface area contributed by atoms with Crippen LogP contribution in [0.1, 0.15) is 43.6 Å². The lowest BCUT2D eigenvalue weighted by Gasteiger charge is -2.31. The van der Waals surface area contributed by atoms with Gasteiger partial charge in [0.05, 0.1) is 30.2 Å². The second-order valence-electron chi connectivity index (χ2n) is 9.30. The molecule has 2 aromatic carbocycles. The van der Waals surface area contributed by atoms with E-state index in [-0.39, 0.29) is 17.0 Å². The van der Waals surface area contributed by atoms with Gasteiger partial charge in [-0.3, -0.25) is 9.69 Å². The predicted octanol–water partition coefficient (Wildman–Crippen LogP) is 4.32. The fourth-order valence-electron chi connectivity index (χ4n) is 3.84. The molecule has 34 heavy (non-hydrogen) atoms. The molecular formula is C24H27ClN6O3. The molecule has 0 bridgehead atoms. The van der Waals surface area contributed by atoms with Crippen LogP contribution in [0.4, 0.5) is 10.5 Å². The predicted molar refractivity (Wildman–Crippen MR) is 129 cm³/mol. The maximum atomic E-state index is 13.7. The lowest BCUT2D eigenvalue weighted by Crippen LogP contribution is -2.46. The second-order valence-corrected chi connectivity index (χ2v) is 9.71. The molecule has 1 atom stereocenters. The molecule has 1 aromatic heterocycles. The number of tetrazole rings is 1. The smallest absolute Gasteiger partial charge is 0.410 e.